The van der Waals surface area contributed by atoms with Crippen molar-refractivity contribution in [1.29, 1.82) is 0 Å². The zero-order chi connectivity index (χ0) is 33.0. The van der Waals surface area contributed by atoms with Crippen molar-refractivity contribution in [3.05, 3.63) is 53.4 Å². The SMILES string of the molecule is CCCCCCCN(Cc1ccc(OCCC(C)C)cc1)C(Nc1cc(OC)c(OC)c(OC)c1)=C1C(=O)OC(C)(C)OC1=O. The maximum Gasteiger partial charge on any atom is 0.352 e. The number of hydrogen-bond acceptors (Lipinski definition) is 10. The molecular formula is C35H50N2O8. The molecule has 1 aliphatic rings. The lowest BCUT2D eigenvalue weighted by atomic mass is 10.1. The van der Waals surface area contributed by atoms with Gasteiger partial charge >= 0.3 is 11.9 Å². The molecule has 1 heterocycles. The maximum absolute atomic E-state index is 13.4. The Hall–Kier alpha value is -4.08. The summed E-state index contributed by atoms with van der Waals surface area (Å²) in [6.45, 7) is 11.2. The summed E-state index contributed by atoms with van der Waals surface area (Å²) in [7, 11) is 4.58. The first kappa shape index (κ1) is 35.4. The third-order valence-corrected chi connectivity index (χ3v) is 7.36. The highest BCUT2D eigenvalue weighted by Gasteiger charge is 2.42. The Morgan fingerprint density at radius 3 is 2.02 bits per heavy atom. The number of carbonyl (C=O) groups is 2. The van der Waals surface area contributed by atoms with Gasteiger partial charge in [-0.25, -0.2) is 9.59 Å². The summed E-state index contributed by atoms with van der Waals surface area (Å²) in [6, 6.07) is 11.3. The minimum Gasteiger partial charge on any atom is -0.494 e. The van der Waals surface area contributed by atoms with Crippen LogP contribution in [0.3, 0.4) is 0 Å². The van der Waals surface area contributed by atoms with Crippen LogP contribution in [0.2, 0.25) is 0 Å². The Labute approximate surface area is 268 Å². The molecule has 0 aromatic heterocycles. The van der Waals surface area contributed by atoms with Gasteiger partial charge in [0.05, 0.1) is 27.9 Å². The van der Waals surface area contributed by atoms with Crippen LogP contribution < -0.4 is 24.3 Å². The van der Waals surface area contributed by atoms with Crippen molar-refractivity contribution in [1.82, 2.24) is 4.90 Å². The zero-order valence-corrected chi connectivity index (χ0v) is 28.1. The summed E-state index contributed by atoms with van der Waals surface area (Å²) >= 11 is 0. The molecular weight excluding hydrogens is 576 g/mol. The highest BCUT2D eigenvalue weighted by molar-refractivity contribution is 6.16. The van der Waals surface area contributed by atoms with Crippen LogP contribution >= 0.6 is 0 Å². The van der Waals surface area contributed by atoms with E-state index in [4.69, 9.17) is 28.4 Å². The minimum atomic E-state index is -1.38. The van der Waals surface area contributed by atoms with E-state index in [2.05, 4.69) is 26.1 Å². The lowest BCUT2D eigenvalue weighted by Crippen LogP contribution is -2.44. The van der Waals surface area contributed by atoms with Crippen molar-refractivity contribution >= 4 is 17.6 Å². The number of benzene rings is 2. The van der Waals surface area contributed by atoms with Gasteiger partial charge in [0.25, 0.3) is 5.79 Å². The van der Waals surface area contributed by atoms with Crippen molar-refractivity contribution in [2.24, 2.45) is 5.92 Å². The average Bonchev–Trinajstić information content (AvgIpc) is 2.99. The number of carbonyl (C=O) groups excluding carboxylic acids is 2. The molecule has 0 radical (unpaired) electrons. The lowest BCUT2D eigenvalue weighted by Gasteiger charge is -2.34. The number of unbranched alkanes of at least 4 members (excludes halogenated alkanes) is 4. The van der Waals surface area contributed by atoms with Gasteiger partial charge in [0.15, 0.2) is 17.1 Å². The Balaban J connectivity index is 2.06. The van der Waals surface area contributed by atoms with Gasteiger partial charge in [-0.15, -0.1) is 0 Å². The summed E-state index contributed by atoms with van der Waals surface area (Å²) in [5, 5.41) is 3.32. The number of esters is 2. The van der Waals surface area contributed by atoms with Crippen molar-refractivity contribution in [3.63, 3.8) is 0 Å². The molecule has 10 nitrogen and oxygen atoms in total. The van der Waals surface area contributed by atoms with Gasteiger partial charge in [0, 0.05) is 44.8 Å². The van der Waals surface area contributed by atoms with Gasteiger partial charge in [-0.3, -0.25) is 0 Å². The van der Waals surface area contributed by atoms with E-state index in [1.807, 2.05) is 29.2 Å². The summed E-state index contributed by atoms with van der Waals surface area (Å²) in [5.74, 6) is -0.0531. The standard InChI is InChI=1S/C35H50N2O8/c1-9-10-11-12-13-19-37(23-25-14-16-27(17-15-25)43-20-18-24(2)3)32(30-33(38)44-35(4,5)45-34(30)39)36-26-21-28(40-6)31(42-8)29(22-26)41-7/h14-17,21-22,24,36H,9-13,18-20,23H2,1-8H3. The van der Waals surface area contributed by atoms with Gasteiger partial charge in [0.1, 0.15) is 11.6 Å². The second kappa shape index (κ2) is 16.8. The largest absolute Gasteiger partial charge is 0.494 e. The molecule has 1 aliphatic heterocycles. The fourth-order valence-electron chi connectivity index (χ4n) is 4.94. The molecule has 0 unspecified atom stereocenters. The second-order valence-corrected chi connectivity index (χ2v) is 12.0. The van der Waals surface area contributed by atoms with Gasteiger partial charge in [-0.05, 0) is 36.5 Å². The molecule has 10 heteroatoms. The Kier molecular flexibility index (Phi) is 13.2. The number of nitrogens with zero attached hydrogens (tertiary/aromatic N) is 1. The highest BCUT2D eigenvalue weighted by atomic mass is 16.7. The predicted octanol–water partition coefficient (Wildman–Crippen LogP) is 7.07. The Bertz CT molecular complexity index is 1260. The third kappa shape index (κ3) is 10.2. The van der Waals surface area contributed by atoms with Crippen LogP contribution in [0.5, 0.6) is 23.0 Å². The zero-order valence-electron chi connectivity index (χ0n) is 28.1. The molecule has 2 aromatic carbocycles. The fraction of sp³-hybridized carbons (Fsp3) is 0.543. The van der Waals surface area contributed by atoms with E-state index < -0.39 is 17.7 Å². The van der Waals surface area contributed by atoms with Gasteiger partial charge in [0.2, 0.25) is 5.75 Å². The van der Waals surface area contributed by atoms with Crippen LogP contribution in [-0.4, -0.2) is 57.1 Å². The molecule has 248 valence electrons. The van der Waals surface area contributed by atoms with E-state index in [1.165, 1.54) is 35.2 Å². The minimum absolute atomic E-state index is 0.217. The van der Waals surface area contributed by atoms with Crippen molar-refractivity contribution in [2.75, 3.05) is 39.8 Å². The highest BCUT2D eigenvalue weighted by Crippen LogP contribution is 2.41. The van der Waals surface area contributed by atoms with Crippen LogP contribution in [0, 0.1) is 5.92 Å². The van der Waals surface area contributed by atoms with Crippen molar-refractivity contribution in [3.8, 4) is 23.0 Å². The lowest BCUT2D eigenvalue weighted by molar-refractivity contribution is -0.222. The molecule has 1 saturated heterocycles. The molecule has 1 fully saturated rings. The number of hydrogen-bond donors (Lipinski definition) is 1. The van der Waals surface area contributed by atoms with Gasteiger partial charge in [-0.2, -0.15) is 0 Å². The third-order valence-electron chi connectivity index (χ3n) is 7.36. The first-order valence-corrected chi connectivity index (χ1v) is 15.8. The summed E-state index contributed by atoms with van der Waals surface area (Å²) < 4.78 is 33.6. The smallest absolute Gasteiger partial charge is 0.352 e. The average molecular weight is 627 g/mol. The predicted molar refractivity (Wildman–Crippen MR) is 174 cm³/mol. The van der Waals surface area contributed by atoms with Crippen LogP contribution in [-0.2, 0) is 25.6 Å². The monoisotopic (exact) mass is 626 g/mol. The number of rotatable bonds is 18. The summed E-state index contributed by atoms with van der Waals surface area (Å²) in [4.78, 5) is 28.8. The number of nitrogens with one attached hydrogen (secondary N) is 1. The number of ether oxygens (including phenoxy) is 6. The normalized spacial score (nSPS) is 14.0. The van der Waals surface area contributed by atoms with Crippen LogP contribution in [0.15, 0.2) is 47.8 Å². The van der Waals surface area contributed by atoms with Crippen LogP contribution in [0.1, 0.15) is 78.7 Å². The van der Waals surface area contributed by atoms with E-state index in [9.17, 15) is 9.59 Å². The van der Waals surface area contributed by atoms with E-state index in [0.717, 1.165) is 49.8 Å². The molecule has 0 saturated carbocycles. The van der Waals surface area contributed by atoms with E-state index in [-0.39, 0.29) is 11.4 Å². The Morgan fingerprint density at radius 2 is 1.49 bits per heavy atom. The molecule has 0 bridgehead atoms. The van der Waals surface area contributed by atoms with Crippen LogP contribution in [0.25, 0.3) is 0 Å². The molecule has 2 aromatic rings. The Morgan fingerprint density at radius 1 is 0.889 bits per heavy atom. The summed E-state index contributed by atoms with van der Waals surface area (Å²) in [5.41, 5.74) is 1.27. The first-order valence-electron chi connectivity index (χ1n) is 15.8. The van der Waals surface area contributed by atoms with Crippen molar-refractivity contribution in [2.45, 2.75) is 85.5 Å². The maximum atomic E-state index is 13.4. The molecule has 1 N–H and O–H groups in total. The van der Waals surface area contributed by atoms with Gasteiger partial charge < -0.3 is 38.6 Å². The van der Waals surface area contributed by atoms with Crippen LogP contribution in [0.4, 0.5) is 5.69 Å². The summed E-state index contributed by atoms with van der Waals surface area (Å²) in [6.07, 6.45) is 6.18. The molecule has 3 rings (SSSR count). The quantitative estimate of drug-likeness (QED) is 0.0800. The van der Waals surface area contributed by atoms with Crippen molar-refractivity contribution < 1.29 is 38.0 Å². The number of anilines is 1. The fourth-order valence-corrected chi connectivity index (χ4v) is 4.94. The first-order chi connectivity index (χ1) is 21.5. The number of methoxy groups -OCH3 is 3. The second-order valence-electron chi connectivity index (χ2n) is 12.0. The molecule has 0 spiro atoms. The van der Waals surface area contributed by atoms with E-state index in [1.54, 1.807) is 12.1 Å². The molecule has 0 aliphatic carbocycles. The topological polar surface area (TPSA) is 105 Å². The van der Waals surface area contributed by atoms with Gasteiger partial charge in [-0.1, -0.05) is 58.6 Å². The number of cyclic esters (lactones) is 2. The van der Waals surface area contributed by atoms with E-state index in [0.29, 0.717) is 48.6 Å². The molecule has 45 heavy (non-hydrogen) atoms. The molecule has 0 amide bonds. The molecule has 0 atom stereocenters. The van der Waals surface area contributed by atoms with E-state index >= 15 is 0 Å².